The molecule has 0 radical (unpaired) electrons. The van der Waals surface area contributed by atoms with Gasteiger partial charge in [0.05, 0.1) is 12.1 Å². The van der Waals surface area contributed by atoms with Gasteiger partial charge in [-0.1, -0.05) is 25.1 Å². The Morgan fingerprint density at radius 2 is 2.04 bits per heavy atom. The summed E-state index contributed by atoms with van der Waals surface area (Å²) < 4.78 is 8.44. The van der Waals surface area contributed by atoms with Crippen LogP contribution in [0.5, 0.6) is 0 Å². The van der Waals surface area contributed by atoms with Crippen molar-refractivity contribution in [3.63, 3.8) is 0 Å². The number of aryl methyl sites for hydroxylation is 1. The van der Waals surface area contributed by atoms with E-state index < -0.39 is 12.5 Å². The van der Waals surface area contributed by atoms with Crippen LogP contribution in [-0.4, -0.2) is 38.2 Å². The van der Waals surface area contributed by atoms with Crippen LogP contribution >= 0.6 is 0 Å². The maximum atomic E-state index is 11.1. The normalized spacial score (nSPS) is 46.6. The quantitative estimate of drug-likeness (QED) is 0.836. The molecule has 6 heterocycles. The molecule has 7 rings (SSSR count). The van der Waals surface area contributed by atoms with Crippen LogP contribution in [0.2, 0.25) is 0 Å². The molecule has 5 aliphatic heterocycles. The first-order valence-corrected chi connectivity index (χ1v) is 9.49. The van der Waals surface area contributed by atoms with Gasteiger partial charge >= 0.3 is 0 Å². The van der Waals surface area contributed by atoms with Gasteiger partial charge in [-0.2, -0.15) is 0 Å². The van der Waals surface area contributed by atoms with Crippen LogP contribution < -0.4 is 0 Å². The fourth-order valence-electron chi connectivity index (χ4n) is 6.67. The van der Waals surface area contributed by atoms with E-state index in [-0.39, 0.29) is 30.0 Å². The number of para-hydroxylation sites is 1. The molecule has 0 amide bonds. The minimum absolute atomic E-state index is 0.0925. The Balaban J connectivity index is 1.65. The third-order valence-electron chi connectivity index (χ3n) is 7.52. The number of hydrogen-bond acceptors (Lipinski definition) is 4. The lowest BCUT2D eigenvalue weighted by molar-refractivity contribution is -0.219. The number of aromatic nitrogens is 1. The van der Waals surface area contributed by atoms with Gasteiger partial charge in [-0.25, -0.2) is 0 Å². The van der Waals surface area contributed by atoms with Crippen molar-refractivity contribution in [1.82, 2.24) is 9.47 Å². The highest BCUT2D eigenvalue weighted by Gasteiger charge is 2.66. The minimum Gasteiger partial charge on any atom is -0.378 e. The third kappa shape index (κ3) is 1.51. The summed E-state index contributed by atoms with van der Waals surface area (Å²) in [6, 6.07) is 8.78. The van der Waals surface area contributed by atoms with Crippen LogP contribution in [0.4, 0.5) is 0 Å². The van der Waals surface area contributed by atoms with Crippen LogP contribution in [0.3, 0.4) is 0 Å². The van der Waals surface area contributed by atoms with Gasteiger partial charge in [-0.05, 0) is 24.8 Å². The molecule has 5 nitrogen and oxygen atoms in total. The zero-order chi connectivity index (χ0) is 17.0. The predicted molar refractivity (Wildman–Crippen MR) is 92.5 cm³/mol. The maximum absolute atomic E-state index is 11.1. The van der Waals surface area contributed by atoms with Crippen molar-refractivity contribution < 1.29 is 14.9 Å². The number of benzene rings is 1. The van der Waals surface area contributed by atoms with Crippen LogP contribution in [0.15, 0.2) is 24.3 Å². The maximum Gasteiger partial charge on any atom is 0.160 e. The molecule has 1 aromatic carbocycles. The Bertz CT molecular complexity index is 877. The molecule has 0 spiro atoms. The smallest absolute Gasteiger partial charge is 0.160 e. The highest BCUT2D eigenvalue weighted by atomic mass is 16.6. The summed E-state index contributed by atoms with van der Waals surface area (Å²) in [5.41, 5.74) is 3.72. The molecule has 9 atom stereocenters. The Morgan fingerprint density at radius 3 is 2.84 bits per heavy atom. The van der Waals surface area contributed by atoms with E-state index in [1.807, 2.05) is 0 Å². The molecule has 0 saturated carbocycles. The van der Waals surface area contributed by atoms with Crippen molar-refractivity contribution in [2.24, 2.45) is 24.8 Å². The number of nitrogens with zero attached hydrogens (tertiary/aromatic N) is 2. The van der Waals surface area contributed by atoms with E-state index in [4.69, 9.17) is 4.74 Å². The van der Waals surface area contributed by atoms with Crippen LogP contribution in [0, 0.1) is 17.8 Å². The Hall–Kier alpha value is -1.40. The summed E-state index contributed by atoms with van der Waals surface area (Å²) in [4.78, 5) is 2.28. The van der Waals surface area contributed by atoms with Gasteiger partial charge in [0.15, 0.2) is 6.29 Å². The van der Waals surface area contributed by atoms with Gasteiger partial charge in [-0.15, -0.1) is 0 Å². The number of aliphatic hydroxyl groups excluding tert-OH is 2. The van der Waals surface area contributed by atoms with E-state index in [1.165, 1.54) is 22.2 Å². The van der Waals surface area contributed by atoms with E-state index in [0.29, 0.717) is 5.92 Å². The Morgan fingerprint density at radius 1 is 1.24 bits per heavy atom. The summed E-state index contributed by atoms with van der Waals surface area (Å²) in [5, 5.41) is 23.0. The zero-order valence-corrected chi connectivity index (χ0v) is 14.5. The molecule has 4 saturated heterocycles. The molecule has 2 unspecified atom stereocenters. The number of fused-ring (bicyclic) bond motifs is 5. The number of piperidine rings is 3. The fourth-order valence-corrected chi connectivity index (χ4v) is 6.67. The van der Waals surface area contributed by atoms with Crippen molar-refractivity contribution in [2.75, 3.05) is 0 Å². The van der Waals surface area contributed by atoms with E-state index in [1.54, 1.807) is 0 Å². The van der Waals surface area contributed by atoms with Gasteiger partial charge in [0, 0.05) is 41.0 Å². The van der Waals surface area contributed by atoms with E-state index in [9.17, 15) is 10.2 Å². The molecule has 2 aromatic rings. The second-order valence-electron chi connectivity index (χ2n) is 8.24. The minimum atomic E-state index is -0.727. The number of ether oxygens (including phenoxy) is 1. The monoisotopic (exact) mass is 340 g/mol. The average molecular weight is 340 g/mol. The molecule has 2 N–H and O–H groups in total. The standard InChI is InChI=1S/C20H24N2O3/c1-3-9-11-8-13-16-14(10-6-4-5-7-12(10)21(16)2)18-17(22(13)19(9)23)15(11)20(24)25-18/h4-7,9,11,13,15,17-20,23-24H,3,8H2,1-2H3/t9-,11-,13-,15?,17+,18+,19+,20-/m0/s1. The molecule has 25 heavy (non-hydrogen) atoms. The van der Waals surface area contributed by atoms with Gasteiger partial charge in [-0.3, -0.25) is 4.90 Å². The van der Waals surface area contributed by atoms with E-state index in [2.05, 4.69) is 47.7 Å². The highest BCUT2D eigenvalue weighted by molar-refractivity contribution is 5.86. The van der Waals surface area contributed by atoms with Crippen LogP contribution in [0.25, 0.3) is 10.9 Å². The second-order valence-corrected chi connectivity index (χ2v) is 8.24. The fraction of sp³-hybridized carbons (Fsp3) is 0.600. The molecule has 4 fully saturated rings. The van der Waals surface area contributed by atoms with E-state index in [0.717, 1.165) is 12.8 Å². The molecule has 0 aliphatic carbocycles. The lowest BCUT2D eigenvalue weighted by Gasteiger charge is -2.61. The molecule has 4 bridgehead atoms. The molecular formula is C20H24N2O3. The molecular weight excluding hydrogens is 316 g/mol. The van der Waals surface area contributed by atoms with Crippen molar-refractivity contribution in [3.8, 4) is 0 Å². The van der Waals surface area contributed by atoms with Gasteiger partial charge < -0.3 is 19.5 Å². The summed E-state index contributed by atoms with van der Waals surface area (Å²) >= 11 is 0. The van der Waals surface area contributed by atoms with E-state index >= 15 is 0 Å². The number of hydrogen-bond donors (Lipinski definition) is 2. The summed E-state index contributed by atoms with van der Waals surface area (Å²) in [6.07, 6.45) is 0.638. The van der Waals surface area contributed by atoms with Crippen molar-refractivity contribution in [1.29, 1.82) is 0 Å². The average Bonchev–Trinajstić information content (AvgIpc) is 3.12. The predicted octanol–water partition coefficient (Wildman–Crippen LogP) is 2.29. The summed E-state index contributed by atoms with van der Waals surface area (Å²) in [7, 11) is 2.12. The number of aliphatic hydroxyl groups is 2. The van der Waals surface area contributed by atoms with Crippen LogP contribution in [-0.2, 0) is 11.8 Å². The second kappa shape index (κ2) is 4.65. The Labute approximate surface area is 146 Å². The van der Waals surface area contributed by atoms with Gasteiger partial charge in [0.25, 0.3) is 0 Å². The summed E-state index contributed by atoms with van der Waals surface area (Å²) in [6.45, 7) is 2.15. The molecule has 1 aromatic heterocycles. The third-order valence-corrected chi connectivity index (χ3v) is 7.52. The van der Waals surface area contributed by atoms with Crippen LogP contribution in [0.1, 0.15) is 43.2 Å². The lowest BCUT2D eigenvalue weighted by atomic mass is 9.60. The topological polar surface area (TPSA) is 57.9 Å². The highest BCUT2D eigenvalue weighted by Crippen LogP contribution is 2.64. The number of rotatable bonds is 1. The molecule has 132 valence electrons. The SMILES string of the molecule is CC[C@H]1[C@@H]2C[C@H]3c4c(c5ccccc5n4C)[C@H]4O[C@H](O)C2[C@H]4N3[C@@H]1O. The zero-order valence-electron chi connectivity index (χ0n) is 14.5. The Kier molecular flexibility index (Phi) is 2.74. The molecule has 5 heteroatoms. The van der Waals surface area contributed by atoms with Gasteiger partial charge in [0.1, 0.15) is 12.3 Å². The first-order chi connectivity index (χ1) is 12.1. The van der Waals surface area contributed by atoms with Crippen molar-refractivity contribution >= 4 is 10.9 Å². The first-order valence-electron chi connectivity index (χ1n) is 9.49. The first kappa shape index (κ1) is 14.7. The largest absolute Gasteiger partial charge is 0.378 e. The molecule has 5 aliphatic rings. The van der Waals surface area contributed by atoms with Crippen molar-refractivity contribution in [2.45, 2.75) is 50.5 Å². The lowest BCUT2D eigenvalue weighted by Crippen LogP contribution is -2.67. The van der Waals surface area contributed by atoms with Gasteiger partial charge in [0.2, 0.25) is 0 Å². The van der Waals surface area contributed by atoms with Crippen molar-refractivity contribution in [3.05, 3.63) is 35.5 Å². The summed E-state index contributed by atoms with van der Waals surface area (Å²) in [5.74, 6) is 0.665.